The molecule has 0 radical (unpaired) electrons. The summed E-state index contributed by atoms with van der Waals surface area (Å²) in [6.07, 6.45) is 48.9. The van der Waals surface area contributed by atoms with Gasteiger partial charge >= 0.3 is 23.9 Å². The van der Waals surface area contributed by atoms with Gasteiger partial charge in [0.2, 0.25) is 0 Å². The molecule has 6 unspecified atom stereocenters. The lowest BCUT2D eigenvalue weighted by molar-refractivity contribution is -0.301. The highest BCUT2D eigenvalue weighted by Gasteiger charge is 2.50. The summed E-state index contributed by atoms with van der Waals surface area (Å²) in [5.74, 6) is -3.20. The Balaban J connectivity index is 2.69. The quantitative estimate of drug-likeness (QED) is 0.0228. The highest BCUT2D eigenvalue weighted by atomic mass is 16.7. The minimum atomic E-state index is -1.92. The van der Waals surface area contributed by atoms with E-state index in [1.54, 1.807) is 0 Å². The zero-order valence-electron chi connectivity index (χ0n) is 45.9. The lowest BCUT2D eigenvalue weighted by atomic mass is 9.98. The van der Waals surface area contributed by atoms with Crippen LogP contribution in [0.5, 0.6) is 0 Å². The molecule has 0 spiro atoms. The lowest BCUT2D eigenvalue weighted by Gasteiger charge is -2.40. The number of aliphatic hydroxyl groups is 2. The van der Waals surface area contributed by atoms with Crippen LogP contribution in [0.1, 0.15) is 239 Å². The third-order valence-corrected chi connectivity index (χ3v) is 12.8. The van der Waals surface area contributed by atoms with Gasteiger partial charge in [-0.2, -0.15) is 0 Å². The van der Waals surface area contributed by atoms with Gasteiger partial charge in [-0.15, -0.1) is 0 Å². The van der Waals surface area contributed by atoms with E-state index in [1.807, 2.05) is 12.2 Å². The first-order valence-corrected chi connectivity index (χ1v) is 28.9. The molecule has 0 aromatic carbocycles. The average Bonchev–Trinajstić information content (AvgIpc) is 3.37. The monoisotopic (exact) mass is 1030 g/mol. The van der Waals surface area contributed by atoms with Crippen LogP contribution in [0.2, 0.25) is 0 Å². The van der Waals surface area contributed by atoms with Crippen molar-refractivity contribution in [2.45, 2.75) is 276 Å². The number of hydrogen-bond donors (Lipinski definition) is 3. The first kappa shape index (κ1) is 67.2. The number of carboxylic acids is 1. The van der Waals surface area contributed by atoms with E-state index in [1.165, 1.54) is 96.3 Å². The highest BCUT2D eigenvalue weighted by Crippen LogP contribution is 2.26. The van der Waals surface area contributed by atoms with Crippen molar-refractivity contribution in [3.8, 4) is 0 Å². The zero-order valence-corrected chi connectivity index (χ0v) is 45.9. The van der Waals surface area contributed by atoms with E-state index in [0.717, 1.165) is 77.0 Å². The number of rotatable bonds is 48. The molecule has 1 heterocycles. The number of esters is 3. The summed E-state index contributed by atoms with van der Waals surface area (Å²) in [7, 11) is 0. The van der Waals surface area contributed by atoms with Crippen LogP contribution >= 0.6 is 0 Å². The molecular formula is C61H102O12. The number of ether oxygens (including phenoxy) is 5. The maximum atomic E-state index is 13.1. The molecule has 0 bridgehead atoms. The molecule has 0 aliphatic carbocycles. The van der Waals surface area contributed by atoms with E-state index < -0.39 is 67.3 Å². The first-order chi connectivity index (χ1) is 35.6. The van der Waals surface area contributed by atoms with Crippen LogP contribution in [0.25, 0.3) is 0 Å². The summed E-state index contributed by atoms with van der Waals surface area (Å²) < 4.78 is 28.3. The summed E-state index contributed by atoms with van der Waals surface area (Å²) in [4.78, 5) is 50.9. The fourth-order valence-electron chi connectivity index (χ4n) is 8.34. The summed E-state index contributed by atoms with van der Waals surface area (Å²) in [6.45, 7) is 5.82. The molecule has 0 amide bonds. The van der Waals surface area contributed by atoms with Crippen molar-refractivity contribution < 1.29 is 58.2 Å². The topological polar surface area (TPSA) is 175 Å². The number of unbranched alkanes of at least 4 members (excludes halogenated alkanes) is 22. The van der Waals surface area contributed by atoms with Crippen molar-refractivity contribution in [3.05, 3.63) is 72.9 Å². The Morgan fingerprint density at radius 3 is 1.37 bits per heavy atom. The summed E-state index contributed by atoms with van der Waals surface area (Å²) >= 11 is 0. The van der Waals surface area contributed by atoms with Crippen molar-refractivity contribution in [2.75, 3.05) is 13.2 Å². The molecule has 0 aromatic rings. The normalized spacial score (nSPS) is 18.8. The molecule has 6 atom stereocenters. The van der Waals surface area contributed by atoms with Gasteiger partial charge in [0.25, 0.3) is 0 Å². The molecule has 0 saturated carbocycles. The van der Waals surface area contributed by atoms with Crippen LogP contribution in [-0.4, -0.2) is 89.2 Å². The van der Waals surface area contributed by atoms with Crippen LogP contribution in [0.4, 0.5) is 0 Å². The first-order valence-electron chi connectivity index (χ1n) is 28.9. The van der Waals surface area contributed by atoms with Crippen LogP contribution in [0, 0.1) is 0 Å². The standard InChI is InChI=1S/C61H102O12/c1-4-7-10-13-16-19-21-23-25-27-29-31-33-36-38-41-44-47-53(62)69-50-52(71-54(63)48-45-42-39-35-18-15-12-9-6-3)51-70-61-59(57(66)56(65)58(73-61)60(67)68)72-55(64)49-46-43-40-37-34-32-30-28-26-24-22-20-17-14-11-8-5-2/h8,11,17,20,23-26,30,32,37,40,52,56-59,61,65-66H,4-7,9-10,12-16,18-19,21-22,27-29,31,33-36,38-39,41-51H2,1-3H3,(H,67,68)/b11-8-,20-17-,25-23-,26-24-,32-30-,40-37-. The van der Waals surface area contributed by atoms with E-state index >= 15 is 0 Å². The van der Waals surface area contributed by atoms with Gasteiger partial charge in [-0.25, -0.2) is 4.79 Å². The largest absolute Gasteiger partial charge is 0.479 e. The molecule has 1 fully saturated rings. The van der Waals surface area contributed by atoms with Crippen molar-refractivity contribution >= 4 is 23.9 Å². The average molecular weight is 1030 g/mol. The second-order valence-corrected chi connectivity index (χ2v) is 19.5. The van der Waals surface area contributed by atoms with E-state index in [9.17, 15) is 34.5 Å². The fraction of sp³-hybridized carbons (Fsp3) is 0.738. The maximum absolute atomic E-state index is 13.1. The number of carboxylic acid groups (broad SMARTS) is 1. The van der Waals surface area contributed by atoms with Gasteiger partial charge in [-0.3, -0.25) is 14.4 Å². The number of allylic oxidation sites excluding steroid dienone is 12. The number of aliphatic carboxylic acids is 1. The Labute approximate surface area is 442 Å². The fourth-order valence-corrected chi connectivity index (χ4v) is 8.34. The predicted molar refractivity (Wildman–Crippen MR) is 294 cm³/mol. The van der Waals surface area contributed by atoms with Gasteiger partial charge in [0.15, 0.2) is 24.6 Å². The van der Waals surface area contributed by atoms with E-state index in [-0.39, 0.29) is 25.9 Å². The van der Waals surface area contributed by atoms with Crippen molar-refractivity contribution in [2.24, 2.45) is 0 Å². The van der Waals surface area contributed by atoms with Gasteiger partial charge in [-0.05, 0) is 83.5 Å². The molecule has 0 aromatic heterocycles. The molecule has 12 heteroatoms. The van der Waals surface area contributed by atoms with Crippen LogP contribution in [-0.2, 0) is 42.9 Å². The molecule has 418 valence electrons. The van der Waals surface area contributed by atoms with Gasteiger partial charge in [0.1, 0.15) is 18.8 Å². The molecule has 1 aliphatic heterocycles. The predicted octanol–water partition coefficient (Wildman–Crippen LogP) is 14.6. The van der Waals surface area contributed by atoms with Gasteiger partial charge in [-0.1, -0.05) is 209 Å². The lowest BCUT2D eigenvalue weighted by Crippen LogP contribution is -2.61. The van der Waals surface area contributed by atoms with Crippen molar-refractivity contribution in [1.82, 2.24) is 0 Å². The smallest absolute Gasteiger partial charge is 0.335 e. The Hall–Kier alpha value is -3.84. The second-order valence-electron chi connectivity index (χ2n) is 19.5. The van der Waals surface area contributed by atoms with Crippen molar-refractivity contribution in [1.29, 1.82) is 0 Å². The van der Waals surface area contributed by atoms with Crippen molar-refractivity contribution in [3.63, 3.8) is 0 Å². The van der Waals surface area contributed by atoms with E-state index in [0.29, 0.717) is 25.7 Å². The van der Waals surface area contributed by atoms with Gasteiger partial charge < -0.3 is 39.0 Å². The van der Waals surface area contributed by atoms with Crippen LogP contribution < -0.4 is 0 Å². The number of carbonyl (C=O) groups is 4. The van der Waals surface area contributed by atoms with Crippen LogP contribution in [0.15, 0.2) is 72.9 Å². The zero-order chi connectivity index (χ0) is 53.3. The second kappa shape index (κ2) is 49.1. The number of carbonyl (C=O) groups excluding carboxylic acids is 3. The van der Waals surface area contributed by atoms with E-state index in [4.69, 9.17) is 23.7 Å². The Morgan fingerprint density at radius 1 is 0.466 bits per heavy atom. The van der Waals surface area contributed by atoms with Crippen LogP contribution in [0.3, 0.4) is 0 Å². The molecule has 73 heavy (non-hydrogen) atoms. The minimum Gasteiger partial charge on any atom is -0.479 e. The molecule has 3 N–H and O–H groups in total. The Kier molecular flexibility index (Phi) is 45.1. The molecular weight excluding hydrogens is 925 g/mol. The maximum Gasteiger partial charge on any atom is 0.335 e. The SMILES string of the molecule is CC/C=C\C/C=C\C/C=C\C/C=C\C/C=C\CCCC(=O)OC1C(OCC(COC(=O)CCCCCCCCC/C=C\CCCCCCCC)OC(=O)CCCCCCCCCCC)OC(C(=O)O)C(O)C1O. The summed E-state index contributed by atoms with van der Waals surface area (Å²) in [5.41, 5.74) is 0. The summed E-state index contributed by atoms with van der Waals surface area (Å²) in [6, 6.07) is 0. The number of aliphatic hydroxyl groups excluding tert-OH is 2. The van der Waals surface area contributed by atoms with Gasteiger partial charge in [0, 0.05) is 19.3 Å². The number of hydrogen-bond acceptors (Lipinski definition) is 11. The molecule has 1 aliphatic rings. The summed E-state index contributed by atoms with van der Waals surface area (Å²) in [5, 5.41) is 31.4. The van der Waals surface area contributed by atoms with E-state index in [2.05, 4.69) is 81.5 Å². The third kappa shape index (κ3) is 39.3. The Bertz CT molecular complexity index is 1550. The highest BCUT2D eigenvalue weighted by molar-refractivity contribution is 5.74. The Morgan fingerprint density at radius 2 is 0.877 bits per heavy atom. The minimum absolute atomic E-state index is 0.0188. The molecule has 1 rings (SSSR count). The van der Waals surface area contributed by atoms with Gasteiger partial charge in [0.05, 0.1) is 6.61 Å². The molecule has 1 saturated heterocycles. The third-order valence-electron chi connectivity index (χ3n) is 12.8. The molecule has 12 nitrogen and oxygen atoms in total.